The summed E-state index contributed by atoms with van der Waals surface area (Å²) in [4.78, 5) is 26.0. The Bertz CT molecular complexity index is 934. The van der Waals surface area contributed by atoms with E-state index in [2.05, 4.69) is 46.5 Å². The maximum absolute atomic E-state index is 12.3. The fraction of sp³-hybridized carbons (Fsp3) is 0.684. The molecule has 0 bridgehead atoms. The van der Waals surface area contributed by atoms with Crippen LogP contribution in [0.25, 0.3) is 5.88 Å². The van der Waals surface area contributed by atoms with Gasteiger partial charge in [-0.05, 0) is 6.92 Å². The monoisotopic (exact) mass is 392 g/mol. The zero-order chi connectivity index (χ0) is 20.0. The standard InChI is InChI=1S/C19H28N2O5Si/c1-11-14-19(24-15(11)21-9-8-13(22)20-16(21)23)10-12(19)25-27(26-14,17(2,3)4)18(5,6)7/h8-9,12,14H,10H2,1-7H3,(H,20,22,23). The highest BCUT2D eigenvalue weighted by molar-refractivity contribution is 6.73. The average Bonchev–Trinajstić information content (AvgIpc) is 3.16. The molecule has 7 nitrogen and oxygen atoms in total. The molecule has 1 saturated heterocycles. The van der Waals surface area contributed by atoms with Crippen LogP contribution < -0.4 is 11.2 Å². The lowest BCUT2D eigenvalue weighted by atomic mass is 10.1. The lowest BCUT2D eigenvalue weighted by Crippen LogP contribution is -2.64. The van der Waals surface area contributed by atoms with E-state index in [1.54, 1.807) is 0 Å². The van der Waals surface area contributed by atoms with E-state index in [4.69, 9.17) is 13.6 Å². The van der Waals surface area contributed by atoms with Gasteiger partial charge in [-0.25, -0.2) is 9.36 Å². The van der Waals surface area contributed by atoms with Gasteiger partial charge in [-0.3, -0.25) is 9.78 Å². The molecule has 3 atom stereocenters. The lowest BCUT2D eigenvalue weighted by molar-refractivity contribution is -0.0502. The molecule has 3 heterocycles. The summed E-state index contributed by atoms with van der Waals surface area (Å²) >= 11 is 0. The van der Waals surface area contributed by atoms with Crippen LogP contribution in [0.1, 0.15) is 54.9 Å². The minimum atomic E-state index is -2.65. The zero-order valence-corrected chi connectivity index (χ0v) is 18.0. The number of ether oxygens (including phenoxy) is 1. The fourth-order valence-electron chi connectivity index (χ4n) is 4.78. The van der Waals surface area contributed by atoms with E-state index in [1.807, 2.05) is 6.92 Å². The van der Waals surface area contributed by atoms with Gasteiger partial charge in [0.05, 0.1) is 6.10 Å². The molecule has 1 spiro atoms. The molecular weight excluding hydrogens is 364 g/mol. The van der Waals surface area contributed by atoms with Gasteiger partial charge in [0.2, 0.25) is 5.88 Å². The average molecular weight is 393 g/mol. The van der Waals surface area contributed by atoms with Gasteiger partial charge in [0, 0.05) is 34.3 Å². The summed E-state index contributed by atoms with van der Waals surface area (Å²) in [6.07, 6.45) is 1.92. The summed E-state index contributed by atoms with van der Waals surface area (Å²) in [6, 6.07) is 1.32. The number of rotatable bonds is 1. The second-order valence-electron chi connectivity index (χ2n) is 9.95. The van der Waals surface area contributed by atoms with E-state index in [1.165, 1.54) is 16.8 Å². The van der Waals surface area contributed by atoms with E-state index in [0.717, 1.165) is 12.0 Å². The summed E-state index contributed by atoms with van der Waals surface area (Å²) in [5.74, 6) is 0.444. The van der Waals surface area contributed by atoms with Crippen LogP contribution in [-0.2, 0) is 13.6 Å². The van der Waals surface area contributed by atoms with Crippen molar-refractivity contribution in [1.82, 2.24) is 9.55 Å². The van der Waals surface area contributed by atoms with Crippen LogP contribution in [0.3, 0.4) is 0 Å². The third-order valence-corrected chi connectivity index (χ3v) is 11.1. The molecule has 148 valence electrons. The molecule has 8 heteroatoms. The number of H-pyrrole nitrogens is 1. The normalized spacial score (nSPS) is 32.0. The molecule has 1 aromatic heterocycles. The Morgan fingerprint density at radius 3 is 2.33 bits per heavy atom. The summed E-state index contributed by atoms with van der Waals surface area (Å²) in [5, 5.41) is -0.254. The third-order valence-electron chi connectivity index (χ3n) is 5.96. The maximum Gasteiger partial charge on any atom is 0.350 e. The minimum absolute atomic E-state index is 0.0349. The van der Waals surface area contributed by atoms with Crippen molar-refractivity contribution in [2.75, 3.05) is 0 Å². The van der Waals surface area contributed by atoms with Gasteiger partial charge in [-0.15, -0.1) is 0 Å². The van der Waals surface area contributed by atoms with Crippen molar-refractivity contribution in [2.45, 2.75) is 82.8 Å². The van der Waals surface area contributed by atoms with E-state index >= 15 is 0 Å². The fourth-order valence-corrected chi connectivity index (χ4v) is 9.89. The van der Waals surface area contributed by atoms with Gasteiger partial charge < -0.3 is 13.6 Å². The van der Waals surface area contributed by atoms with Crippen molar-refractivity contribution >= 4 is 14.4 Å². The Balaban J connectivity index is 1.81. The van der Waals surface area contributed by atoms with Crippen molar-refractivity contribution in [3.63, 3.8) is 0 Å². The first-order valence-corrected chi connectivity index (χ1v) is 11.2. The zero-order valence-electron chi connectivity index (χ0n) is 17.0. The Morgan fingerprint density at radius 2 is 1.78 bits per heavy atom. The predicted molar refractivity (Wildman–Crippen MR) is 104 cm³/mol. The van der Waals surface area contributed by atoms with Crippen molar-refractivity contribution in [3.8, 4) is 0 Å². The van der Waals surface area contributed by atoms with Crippen molar-refractivity contribution in [1.29, 1.82) is 0 Å². The van der Waals surface area contributed by atoms with Crippen LogP contribution in [0.4, 0.5) is 0 Å². The molecular formula is C19H28N2O5Si. The molecule has 2 aliphatic heterocycles. The summed E-state index contributed by atoms with van der Waals surface area (Å²) < 4.78 is 21.1. The molecule has 0 amide bonds. The third kappa shape index (κ3) is 2.39. The van der Waals surface area contributed by atoms with Crippen molar-refractivity contribution in [2.24, 2.45) is 0 Å². The number of aromatic amines is 1. The number of hydrogen-bond donors (Lipinski definition) is 1. The summed E-state index contributed by atoms with van der Waals surface area (Å²) in [5.41, 5.74) is -0.624. The smallest absolute Gasteiger partial charge is 0.350 e. The molecule has 4 rings (SSSR count). The molecule has 0 radical (unpaired) electrons. The van der Waals surface area contributed by atoms with Crippen LogP contribution in [0.15, 0.2) is 27.4 Å². The first kappa shape index (κ1) is 18.7. The highest BCUT2D eigenvalue weighted by Gasteiger charge is 2.77. The maximum atomic E-state index is 12.3. The van der Waals surface area contributed by atoms with Gasteiger partial charge in [0.1, 0.15) is 6.10 Å². The first-order valence-electron chi connectivity index (χ1n) is 9.40. The number of aromatic nitrogens is 2. The van der Waals surface area contributed by atoms with Crippen molar-refractivity contribution < 1.29 is 13.6 Å². The van der Waals surface area contributed by atoms with Gasteiger partial charge in [0.15, 0.2) is 5.60 Å². The van der Waals surface area contributed by atoms with E-state index in [0.29, 0.717) is 5.88 Å². The van der Waals surface area contributed by atoms with Gasteiger partial charge in [-0.2, -0.15) is 0 Å². The number of nitrogens with one attached hydrogen (secondary N) is 1. The molecule has 3 aliphatic rings. The minimum Gasteiger partial charge on any atom is -0.466 e. The van der Waals surface area contributed by atoms with Gasteiger partial charge >= 0.3 is 14.3 Å². The van der Waals surface area contributed by atoms with Crippen LogP contribution in [0, 0.1) is 0 Å². The first-order chi connectivity index (χ1) is 12.3. The molecule has 27 heavy (non-hydrogen) atoms. The quantitative estimate of drug-likeness (QED) is 0.743. The lowest BCUT2D eigenvalue weighted by Gasteiger charge is -2.53. The highest BCUT2D eigenvalue weighted by Crippen LogP contribution is 2.65. The van der Waals surface area contributed by atoms with E-state index in [-0.39, 0.29) is 22.3 Å². The Hall–Kier alpha value is -1.64. The molecule has 1 saturated carbocycles. The largest absolute Gasteiger partial charge is 0.466 e. The molecule has 1 aliphatic carbocycles. The second-order valence-corrected chi connectivity index (χ2v) is 14.7. The predicted octanol–water partition coefficient (Wildman–Crippen LogP) is 2.72. The number of nitrogens with zero attached hydrogens (tertiary/aromatic N) is 1. The molecule has 2 fully saturated rings. The van der Waals surface area contributed by atoms with Gasteiger partial charge in [0.25, 0.3) is 5.56 Å². The van der Waals surface area contributed by atoms with Gasteiger partial charge in [-0.1, -0.05) is 41.5 Å². The molecule has 1 N–H and O–H groups in total. The Kier molecular flexibility index (Phi) is 3.63. The van der Waals surface area contributed by atoms with E-state index in [9.17, 15) is 9.59 Å². The van der Waals surface area contributed by atoms with Crippen LogP contribution in [0.2, 0.25) is 10.1 Å². The van der Waals surface area contributed by atoms with Crippen molar-refractivity contribution in [3.05, 3.63) is 38.7 Å². The SMILES string of the molecule is CC1=C(n2ccc(=O)[nH]c2=O)OC23CC2O[Si](C(C)(C)C)(C(C)(C)C)OC13. The van der Waals surface area contributed by atoms with Crippen LogP contribution in [0.5, 0.6) is 0 Å². The second kappa shape index (κ2) is 5.24. The Morgan fingerprint density at radius 1 is 1.15 bits per heavy atom. The number of hydrogen-bond acceptors (Lipinski definition) is 5. The summed E-state index contributed by atoms with van der Waals surface area (Å²) in [6.45, 7) is 15.0. The Labute approximate surface area is 159 Å². The topological polar surface area (TPSA) is 82.6 Å². The molecule has 3 unspecified atom stereocenters. The van der Waals surface area contributed by atoms with Crippen LogP contribution in [-0.4, -0.2) is 35.9 Å². The van der Waals surface area contributed by atoms with Crippen LogP contribution >= 0.6 is 0 Å². The highest BCUT2D eigenvalue weighted by atomic mass is 28.4. The molecule has 1 aromatic rings. The molecule has 0 aromatic carbocycles. The van der Waals surface area contributed by atoms with E-state index < -0.39 is 25.4 Å². The summed E-state index contributed by atoms with van der Waals surface area (Å²) in [7, 11) is -2.65.